The first-order valence-corrected chi connectivity index (χ1v) is 11.6. The number of carbonyl (C=O) groups is 2. The fraction of sp³-hybridized carbons (Fsp3) is 0.478. The predicted molar refractivity (Wildman–Crippen MR) is 124 cm³/mol. The first kappa shape index (κ1) is 21.5. The van der Waals surface area contributed by atoms with E-state index in [-0.39, 0.29) is 12.1 Å². The van der Waals surface area contributed by atoms with E-state index >= 15 is 0 Å². The van der Waals surface area contributed by atoms with Crippen LogP contribution in [0.3, 0.4) is 0 Å². The summed E-state index contributed by atoms with van der Waals surface area (Å²) in [5.74, 6) is 0. The Labute approximate surface area is 187 Å². The Hall–Kier alpha value is -2.74. The summed E-state index contributed by atoms with van der Waals surface area (Å²) < 4.78 is 5.41. The number of ether oxygens (including phenoxy) is 1. The monoisotopic (exact) mass is 442 g/mol. The molecule has 0 saturated carbocycles. The van der Waals surface area contributed by atoms with Crippen molar-refractivity contribution >= 4 is 34.8 Å². The van der Waals surface area contributed by atoms with Crippen LogP contribution in [0.2, 0.25) is 0 Å². The Morgan fingerprint density at radius 3 is 2.32 bits per heavy atom. The number of urea groups is 1. The number of fused-ring (bicyclic) bond motifs is 1. The summed E-state index contributed by atoms with van der Waals surface area (Å²) in [4.78, 5) is 32.1. The van der Waals surface area contributed by atoms with Gasteiger partial charge in [-0.25, -0.2) is 9.59 Å². The number of rotatable bonds is 2. The number of nitrogens with zero attached hydrogens (tertiary/aromatic N) is 3. The van der Waals surface area contributed by atoms with Crippen LogP contribution in [0.5, 0.6) is 0 Å². The average molecular weight is 443 g/mol. The topological polar surface area (TPSA) is 65.1 Å². The lowest BCUT2D eigenvalue weighted by molar-refractivity contribution is 0.0174. The molecular formula is C23H30N4O3S. The van der Waals surface area contributed by atoms with Gasteiger partial charge in [-0.3, -0.25) is 0 Å². The maximum atomic E-state index is 12.6. The van der Waals surface area contributed by atoms with E-state index in [9.17, 15) is 9.59 Å². The first-order chi connectivity index (χ1) is 14.8. The van der Waals surface area contributed by atoms with Gasteiger partial charge < -0.3 is 24.8 Å². The van der Waals surface area contributed by atoms with Gasteiger partial charge in [-0.15, -0.1) is 11.3 Å². The van der Waals surface area contributed by atoms with Crippen molar-refractivity contribution in [3.63, 3.8) is 0 Å². The van der Waals surface area contributed by atoms with Gasteiger partial charge >= 0.3 is 12.1 Å². The third-order valence-corrected chi connectivity index (χ3v) is 6.53. The molecule has 0 aliphatic carbocycles. The lowest BCUT2D eigenvalue weighted by atomic mass is 10.1. The van der Waals surface area contributed by atoms with Crippen LogP contribution < -0.4 is 10.2 Å². The predicted octanol–water partition coefficient (Wildman–Crippen LogP) is 4.40. The van der Waals surface area contributed by atoms with Gasteiger partial charge in [-0.05, 0) is 68.5 Å². The van der Waals surface area contributed by atoms with Gasteiger partial charge in [0.15, 0.2) is 0 Å². The van der Waals surface area contributed by atoms with Gasteiger partial charge in [0.2, 0.25) is 0 Å². The molecule has 1 aromatic heterocycles. The summed E-state index contributed by atoms with van der Waals surface area (Å²) in [6.07, 6.45) is 0.760. The fourth-order valence-electron chi connectivity index (χ4n) is 3.85. The molecule has 0 spiro atoms. The van der Waals surface area contributed by atoms with Crippen molar-refractivity contribution < 1.29 is 14.3 Å². The van der Waals surface area contributed by atoms with E-state index in [0.717, 1.165) is 25.2 Å². The van der Waals surface area contributed by atoms with Crippen molar-refractivity contribution in [1.29, 1.82) is 0 Å². The molecule has 2 aromatic rings. The molecule has 0 unspecified atom stereocenters. The summed E-state index contributed by atoms with van der Waals surface area (Å²) >= 11 is 1.84. The fourth-order valence-corrected chi connectivity index (χ4v) is 4.74. The lowest BCUT2D eigenvalue weighted by Crippen LogP contribution is -2.52. The Morgan fingerprint density at radius 2 is 1.65 bits per heavy atom. The quantitative estimate of drug-likeness (QED) is 0.749. The standard InChI is InChI=1S/C23H30N4O3S/c1-23(2,3)30-22(29)26-13-11-25(12-14-26)21(28)24-18-4-6-19(7-5-18)27-10-8-20-17(16-27)9-15-31-20/h4-7,9,15H,8,10-14,16H2,1-3H3,(H,24,28). The van der Waals surface area contributed by atoms with Crippen LogP contribution in [0, 0.1) is 0 Å². The molecule has 1 fully saturated rings. The summed E-state index contributed by atoms with van der Waals surface area (Å²) in [5, 5.41) is 5.14. The zero-order valence-corrected chi connectivity index (χ0v) is 19.2. The molecule has 1 N–H and O–H groups in total. The van der Waals surface area contributed by atoms with Gasteiger partial charge in [0.1, 0.15) is 5.60 Å². The third-order valence-electron chi connectivity index (χ3n) is 5.51. The van der Waals surface area contributed by atoms with E-state index in [1.165, 1.54) is 16.1 Å². The average Bonchev–Trinajstić information content (AvgIpc) is 3.21. The van der Waals surface area contributed by atoms with E-state index in [1.54, 1.807) is 9.80 Å². The van der Waals surface area contributed by atoms with Gasteiger partial charge in [0.25, 0.3) is 0 Å². The van der Waals surface area contributed by atoms with Crippen LogP contribution in [-0.2, 0) is 17.7 Å². The molecule has 1 aromatic carbocycles. The van der Waals surface area contributed by atoms with Crippen molar-refractivity contribution in [3.8, 4) is 0 Å². The highest BCUT2D eigenvalue weighted by molar-refractivity contribution is 7.10. The van der Waals surface area contributed by atoms with Crippen molar-refractivity contribution in [2.45, 2.75) is 39.3 Å². The number of nitrogens with one attached hydrogen (secondary N) is 1. The number of carbonyl (C=O) groups excluding carboxylic acids is 2. The van der Waals surface area contributed by atoms with E-state index in [0.29, 0.717) is 26.2 Å². The first-order valence-electron chi connectivity index (χ1n) is 10.7. The molecule has 31 heavy (non-hydrogen) atoms. The second-order valence-corrected chi connectivity index (χ2v) is 9.97. The molecule has 8 heteroatoms. The lowest BCUT2D eigenvalue weighted by Gasteiger charge is -2.35. The third kappa shape index (κ3) is 5.31. The number of amides is 3. The second kappa shape index (κ2) is 8.78. The highest BCUT2D eigenvalue weighted by Gasteiger charge is 2.27. The molecule has 2 aliphatic rings. The number of anilines is 2. The smallest absolute Gasteiger partial charge is 0.410 e. The summed E-state index contributed by atoms with van der Waals surface area (Å²) in [7, 11) is 0. The maximum Gasteiger partial charge on any atom is 0.410 e. The molecule has 0 radical (unpaired) electrons. The van der Waals surface area contributed by atoms with Crippen LogP contribution in [0.25, 0.3) is 0 Å². The molecular weight excluding hydrogens is 412 g/mol. The van der Waals surface area contributed by atoms with Gasteiger partial charge in [0, 0.05) is 55.5 Å². The molecule has 0 atom stereocenters. The SMILES string of the molecule is CC(C)(C)OC(=O)N1CCN(C(=O)Nc2ccc(N3CCc4sccc4C3)cc2)CC1. The maximum absolute atomic E-state index is 12.6. The molecule has 7 nitrogen and oxygen atoms in total. The van der Waals surface area contributed by atoms with Crippen LogP contribution in [0.1, 0.15) is 31.2 Å². The van der Waals surface area contributed by atoms with E-state index in [1.807, 2.05) is 44.2 Å². The minimum atomic E-state index is -0.516. The van der Waals surface area contributed by atoms with Crippen molar-refractivity contribution in [2.24, 2.45) is 0 Å². The minimum Gasteiger partial charge on any atom is -0.444 e. The van der Waals surface area contributed by atoms with Crippen molar-refractivity contribution in [2.75, 3.05) is 42.9 Å². The van der Waals surface area contributed by atoms with Crippen LogP contribution in [0.15, 0.2) is 35.7 Å². The number of benzene rings is 1. The summed E-state index contributed by atoms with van der Waals surface area (Å²) in [6, 6.07) is 10.1. The van der Waals surface area contributed by atoms with E-state index < -0.39 is 5.60 Å². The largest absolute Gasteiger partial charge is 0.444 e. The molecule has 1 saturated heterocycles. The molecule has 4 rings (SSSR count). The highest BCUT2D eigenvalue weighted by Crippen LogP contribution is 2.28. The number of hydrogen-bond acceptors (Lipinski definition) is 5. The van der Waals surface area contributed by atoms with Crippen molar-refractivity contribution in [1.82, 2.24) is 9.80 Å². The molecule has 166 valence electrons. The Bertz CT molecular complexity index is 927. The highest BCUT2D eigenvalue weighted by atomic mass is 32.1. The minimum absolute atomic E-state index is 0.141. The molecule has 3 heterocycles. The van der Waals surface area contributed by atoms with Crippen molar-refractivity contribution in [3.05, 3.63) is 46.2 Å². The van der Waals surface area contributed by atoms with Gasteiger partial charge in [-0.2, -0.15) is 0 Å². The number of thiophene rings is 1. The Kier molecular flexibility index (Phi) is 6.09. The zero-order chi connectivity index (χ0) is 22.0. The van der Waals surface area contributed by atoms with E-state index in [4.69, 9.17) is 4.74 Å². The normalized spacial score (nSPS) is 16.7. The second-order valence-electron chi connectivity index (χ2n) is 8.97. The Balaban J connectivity index is 1.27. The van der Waals surface area contributed by atoms with Crippen LogP contribution >= 0.6 is 11.3 Å². The van der Waals surface area contributed by atoms with Crippen LogP contribution in [-0.4, -0.2) is 60.2 Å². The summed E-state index contributed by atoms with van der Waals surface area (Å²) in [6.45, 7) is 9.43. The van der Waals surface area contributed by atoms with Crippen LogP contribution in [0.4, 0.5) is 21.0 Å². The van der Waals surface area contributed by atoms with Gasteiger partial charge in [-0.1, -0.05) is 0 Å². The molecule has 2 aliphatic heterocycles. The van der Waals surface area contributed by atoms with E-state index in [2.05, 4.69) is 33.8 Å². The Morgan fingerprint density at radius 1 is 0.968 bits per heavy atom. The number of hydrogen-bond donors (Lipinski definition) is 1. The summed E-state index contributed by atoms with van der Waals surface area (Å²) in [5.41, 5.74) is 2.84. The molecule has 3 amide bonds. The van der Waals surface area contributed by atoms with Gasteiger partial charge in [0.05, 0.1) is 0 Å². The molecule has 0 bridgehead atoms. The number of piperazine rings is 1. The zero-order valence-electron chi connectivity index (χ0n) is 18.4.